The lowest BCUT2D eigenvalue weighted by molar-refractivity contribution is -0.124. The van der Waals surface area contributed by atoms with Crippen molar-refractivity contribution in [2.24, 2.45) is 4.99 Å². The molecule has 2 aromatic carbocycles. The number of nitrogens with one attached hydrogen (secondary N) is 1. The van der Waals surface area contributed by atoms with Gasteiger partial charge in [0.05, 0.1) is 11.2 Å². The van der Waals surface area contributed by atoms with E-state index in [1.165, 1.54) is 16.4 Å². The Kier molecular flexibility index (Phi) is 8.95. The Labute approximate surface area is 258 Å². The summed E-state index contributed by atoms with van der Waals surface area (Å²) in [6, 6.07) is 6.42. The number of sulfonamides is 1. The number of piperidine rings is 2. The summed E-state index contributed by atoms with van der Waals surface area (Å²) < 4.78 is 80.7. The molecule has 0 aromatic heterocycles. The van der Waals surface area contributed by atoms with Crippen LogP contribution in [0.3, 0.4) is 0 Å². The minimum Gasteiger partial charge on any atom is -0.387 e. The van der Waals surface area contributed by atoms with Crippen LogP contribution in [0, 0.1) is 19.7 Å². The van der Waals surface area contributed by atoms with E-state index in [0.29, 0.717) is 22.3 Å². The Morgan fingerprint density at radius 1 is 1.07 bits per heavy atom. The highest BCUT2D eigenvalue weighted by Gasteiger charge is 2.47. The number of hydrogen-bond acceptors (Lipinski definition) is 6. The van der Waals surface area contributed by atoms with Crippen LogP contribution in [-0.4, -0.2) is 84.4 Å². The molecule has 0 radical (unpaired) electrons. The highest BCUT2D eigenvalue weighted by atomic mass is 32.2. The topological polar surface area (TPSA) is 119 Å². The molecule has 2 N–H and O–H groups in total. The quantitative estimate of drug-likeness (QED) is 0.439. The monoisotopic (exact) mass is 650 g/mol. The summed E-state index contributed by atoms with van der Waals surface area (Å²) in [6.07, 6.45) is -1.07. The third-order valence-corrected chi connectivity index (χ3v) is 10.4. The number of nitrogens with zero attached hydrogens (tertiary/aromatic N) is 3. The van der Waals surface area contributed by atoms with Crippen molar-refractivity contribution in [3.63, 3.8) is 0 Å². The van der Waals surface area contributed by atoms with Gasteiger partial charge in [0.2, 0.25) is 10.0 Å². The molecule has 3 aliphatic heterocycles. The van der Waals surface area contributed by atoms with E-state index in [4.69, 9.17) is 0 Å². The lowest BCUT2D eigenvalue weighted by Crippen LogP contribution is -2.50. The maximum atomic E-state index is 14.1. The number of rotatable bonds is 7. The van der Waals surface area contributed by atoms with Crippen LogP contribution >= 0.6 is 0 Å². The highest BCUT2D eigenvalue weighted by molar-refractivity contribution is 7.92. The molecule has 3 heterocycles. The van der Waals surface area contributed by atoms with Gasteiger partial charge in [-0.1, -0.05) is 6.07 Å². The van der Waals surface area contributed by atoms with Gasteiger partial charge >= 0.3 is 0 Å². The van der Waals surface area contributed by atoms with Crippen molar-refractivity contribution in [3.05, 3.63) is 74.9 Å². The first-order chi connectivity index (χ1) is 21.2. The number of carbonyl (C=O) groups is 2. The van der Waals surface area contributed by atoms with Gasteiger partial charge < -0.3 is 15.3 Å². The number of aliphatic imine (C=N–C) groups is 1. The fourth-order valence-electron chi connectivity index (χ4n) is 6.00. The molecule has 2 amide bonds. The van der Waals surface area contributed by atoms with Crippen LogP contribution in [0.2, 0.25) is 0 Å². The number of carbonyl (C=O) groups excluding carboxylic acids is 2. The lowest BCUT2D eigenvalue weighted by Gasteiger charge is -2.36. The van der Waals surface area contributed by atoms with Crippen molar-refractivity contribution in [2.45, 2.75) is 57.1 Å². The standard InChI is InChI=1S/C31H34F4N4O5S/c1-19-15-22(28(40)38-10-6-30(42,18-32)7-11-38)16-20(2)23(19)5-14-45(43,44)39-12-8-31(9-13-39)29(41)36-27(37-31)21-3-4-24(26(34)35)25(33)17-21/h3-5,14-17,26,42H,6-13,18H2,1-2H3,(H,36,37,41). The molecule has 1 spiro atoms. The predicted octanol–water partition coefficient (Wildman–Crippen LogP) is 4.03. The molecule has 0 unspecified atom stereocenters. The average Bonchev–Trinajstić information content (AvgIpc) is 3.31. The molecular weight excluding hydrogens is 616 g/mol. The molecule has 2 saturated heterocycles. The van der Waals surface area contributed by atoms with Crippen LogP contribution in [-0.2, 0) is 14.8 Å². The first-order valence-electron chi connectivity index (χ1n) is 14.5. The van der Waals surface area contributed by atoms with Crippen LogP contribution < -0.4 is 5.32 Å². The number of alkyl halides is 3. The molecule has 0 atom stereocenters. The van der Waals surface area contributed by atoms with Crippen molar-refractivity contribution in [2.75, 3.05) is 32.9 Å². The van der Waals surface area contributed by atoms with Crippen LogP contribution in [0.15, 0.2) is 40.7 Å². The second kappa shape index (κ2) is 12.3. The van der Waals surface area contributed by atoms with E-state index in [-0.39, 0.29) is 69.2 Å². The number of amides is 2. The van der Waals surface area contributed by atoms with Gasteiger partial charge in [-0.2, -0.15) is 4.31 Å². The molecule has 14 heteroatoms. The van der Waals surface area contributed by atoms with Crippen molar-refractivity contribution < 1.29 is 40.7 Å². The first kappa shape index (κ1) is 32.8. The minimum absolute atomic E-state index is 0.00563. The Morgan fingerprint density at radius 2 is 1.69 bits per heavy atom. The van der Waals surface area contributed by atoms with Gasteiger partial charge in [-0.3, -0.25) is 14.6 Å². The molecule has 0 saturated carbocycles. The van der Waals surface area contributed by atoms with Crippen LogP contribution in [0.25, 0.3) is 6.08 Å². The number of hydrogen-bond donors (Lipinski definition) is 2. The SMILES string of the molecule is Cc1cc(C(=O)N2CCC(O)(CF)CC2)cc(C)c1C=CS(=O)(=O)N1CCC2(CC1)N=C(c1ccc(C(F)F)c(F)c1)NC2=O. The zero-order chi connectivity index (χ0) is 32.7. The minimum atomic E-state index is -3.90. The van der Waals surface area contributed by atoms with Gasteiger partial charge in [0.1, 0.15) is 23.9 Å². The average molecular weight is 651 g/mol. The van der Waals surface area contributed by atoms with Gasteiger partial charge in [0.25, 0.3) is 18.2 Å². The van der Waals surface area contributed by atoms with Gasteiger partial charge in [0, 0.05) is 42.7 Å². The summed E-state index contributed by atoms with van der Waals surface area (Å²) in [5.41, 5.74) is -0.860. The molecule has 3 aliphatic rings. The Balaban J connectivity index is 1.25. The van der Waals surface area contributed by atoms with E-state index in [1.54, 1.807) is 30.9 Å². The van der Waals surface area contributed by atoms with Crippen molar-refractivity contribution in [1.82, 2.24) is 14.5 Å². The Morgan fingerprint density at radius 3 is 2.24 bits per heavy atom. The summed E-state index contributed by atoms with van der Waals surface area (Å²) in [5.74, 6) is -1.78. The summed E-state index contributed by atoms with van der Waals surface area (Å²) in [5, 5.41) is 13.8. The number of aryl methyl sites for hydroxylation is 2. The second-order valence-electron chi connectivity index (χ2n) is 11.9. The number of benzene rings is 2. The van der Waals surface area contributed by atoms with Gasteiger partial charge in [-0.05, 0) is 86.6 Å². The molecule has 242 valence electrons. The second-order valence-corrected chi connectivity index (χ2v) is 13.7. The van der Waals surface area contributed by atoms with Gasteiger partial charge in [0.15, 0.2) is 0 Å². The van der Waals surface area contributed by atoms with E-state index in [1.807, 2.05) is 0 Å². The predicted molar refractivity (Wildman–Crippen MR) is 160 cm³/mol. The molecule has 0 aliphatic carbocycles. The number of likely N-dealkylation sites (tertiary alicyclic amines) is 1. The fraction of sp³-hybridized carbons (Fsp3) is 0.452. The van der Waals surface area contributed by atoms with E-state index < -0.39 is 51.6 Å². The fourth-order valence-corrected chi connectivity index (χ4v) is 7.17. The summed E-state index contributed by atoms with van der Waals surface area (Å²) in [6.45, 7) is 3.12. The third-order valence-electron chi connectivity index (χ3n) is 8.88. The van der Waals surface area contributed by atoms with Crippen LogP contribution in [0.4, 0.5) is 17.6 Å². The molecule has 9 nitrogen and oxygen atoms in total. The van der Waals surface area contributed by atoms with E-state index >= 15 is 0 Å². The Hall–Kier alpha value is -3.62. The molecule has 5 rings (SSSR count). The molecular formula is C31H34F4N4O5S. The van der Waals surface area contributed by atoms with Gasteiger partial charge in [-0.25, -0.2) is 26.0 Å². The van der Waals surface area contributed by atoms with Gasteiger partial charge in [-0.15, -0.1) is 0 Å². The smallest absolute Gasteiger partial charge is 0.266 e. The molecule has 45 heavy (non-hydrogen) atoms. The summed E-state index contributed by atoms with van der Waals surface area (Å²) in [7, 11) is -3.90. The van der Waals surface area contributed by atoms with Crippen LogP contribution in [0.1, 0.15) is 70.3 Å². The summed E-state index contributed by atoms with van der Waals surface area (Å²) in [4.78, 5) is 32.0. The Bertz CT molecular complexity index is 1660. The molecule has 2 aromatic rings. The zero-order valence-electron chi connectivity index (χ0n) is 24.8. The zero-order valence-corrected chi connectivity index (χ0v) is 25.6. The first-order valence-corrected chi connectivity index (χ1v) is 16.0. The van der Waals surface area contributed by atoms with Crippen LogP contribution in [0.5, 0.6) is 0 Å². The lowest BCUT2D eigenvalue weighted by atomic mass is 9.89. The van der Waals surface area contributed by atoms with Crippen molar-refractivity contribution >= 4 is 33.7 Å². The molecule has 0 bridgehead atoms. The maximum Gasteiger partial charge on any atom is 0.266 e. The summed E-state index contributed by atoms with van der Waals surface area (Å²) >= 11 is 0. The number of amidine groups is 1. The van der Waals surface area contributed by atoms with E-state index in [0.717, 1.165) is 17.5 Å². The van der Waals surface area contributed by atoms with E-state index in [2.05, 4.69) is 10.3 Å². The normalized spacial score (nSPS) is 20.2. The van der Waals surface area contributed by atoms with E-state index in [9.17, 15) is 40.7 Å². The number of halogens is 4. The third kappa shape index (κ3) is 6.54. The maximum absolute atomic E-state index is 14.1. The molecule has 2 fully saturated rings. The number of aliphatic hydroxyl groups is 1. The van der Waals surface area contributed by atoms with Crippen molar-refractivity contribution in [3.8, 4) is 0 Å². The largest absolute Gasteiger partial charge is 0.387 e. The van der Waals surface area contributed by atoms with Crippen molar-refractivity contribution in [1.29, 1.82) is 0 Å². The highest BCUT2D eigenvalue weighted by Crippen LogP contribution is 2.33.